The molecule has 1 fully saturated rings. The fraction of sp³-hybridized carbons (Fsp3) is 0.375. The third kappa shape index (κ3) is 5.26. The second kappa shape index (κ2) is 10.1. The summed E-state index contributed by atoms with van der Waals surface area (Å²) in [6.45, 7) is 4.53. The highest BCUT2D eigenvalue weighted by Gasteiger charge is 2.37. The predicted molar refractivity (Wildman–Crippen MR) is 115 cm³/mol. The summed E-state index contributed by atoms with van der Waals surface area (Å²) in [4.78, 5) is 38.7. The van der Waals surface area contributed by atoms with Gasteiger partial charge in [0.2, 0.25) is 5.91 Å². The summed E-state index contributed by atoms with van der Waals surface area (Å²) in [5.41, 5.74) is 2.92. The van der Waals surface area contributed by atoms with Crippen molar-refractivity contribution in [3.63, 3.8) is 0 Å². The SMILES string of the molecule is CC[C@@H](C)c1ccccc1N1C[C@H](C(=O)OCC(=O)NCc2ccccc2)CC1=O. The van der Waals surface area contributed by atoms with Gasteiger partial charge in [-0.2, -0.15) is 0 Å². The van der Waals surface area contributed by atoms with Crippen LogP contribution in [-0.4, -0.2) is 30.9 Å². The Labute approximate surface area is 177 Å². The summed E-state index contributed by atoms with van der Waals surface area (Å²) in [7, 11) is 0. The zero-order valence-corrected chi connectivity index (χ0v) is 17.5. The van der Waals surface area contributed by atoms with Crippen LogP contribution in [0.3, 0.4) is 0 Å². The van der Waals surface area contributed by atoms with Crippen molar-refractivity contribution in [3.8, 4) is 0 Å². The third-order valence-electron chi connectivity index (χ3n) is 5.51. The van der Waals surface area contributed by atoms with Crippen LogP contribution in [0, 0.1) is 5.92 Å². The molecular weight excluding hydrogens is 380 g/mol. The van der Waals surface area contributed by atoms with Crippen molar-refractivity contribution in [3.05, 3.63) is 65.7 Å². The van der Waals surface area contributed by atoms with Crippen molar-refractivity contribution in [1.29, 1.82) is 0 Å². The second-order valence-corrected chi connectivity index (χ2v) is 7.64. The fourth-order valence-electron chi connectivity index (χ4n) is 3.57. The number of carbonyl (C=O) groups is 3. The first-order chi connectivity index (χ1) is 14.5. The van der Waals surface area contributed by atoms with E-state index in [1.165, 1.54) is 0 Å². The van der Waals surface area contributed by atoms with Crippen LogP contribution >= 0.6 is 0 Å². The maximum Gasteiger partial charge on any atom is 0.311 e. The number of carbonyl (C=O) groups excluding carboxylic acids is 3. The van der Waals surface area contributed by atoms with Crippen LogP contribution in [-0.2, 0) is 25.7 Å². The van der Waals surface area contributed by atoms with Crippen molar-refractivity contribution in [2.24, 2.45) is 5.92 Å². The lowest BCUT2D eigenvalue weighted by molar-refractivity contribution is -0.152. The highest BCUT2D eigenvalue weighted by atomic mass is 16.5. The van der Waals surface area contributed by atoms with Crippen molar-refractivity contribution in [1.82, 2.24) is 5.32 Å². The molecule has 2 aromatic carbocycles. The molecule has 2 aromatic rings. The number of esters is 1. The highest BCUT2D eigenvalue weighted by Crippen LogP contribution is 2.33. The van der Waals surface area contributed by atoms with Gasteiger partial charge >= 0.3 is 5.97 Å². The van der Waals surface area contributed by atoms with E-state index in [4.69, 9.17) is 4.74 Å². The lowest BCUT2D eigenvalue weighted by atomic mass is 9.96. The summed E-state index contributed by atoms with van der Waals surface area (Å²) in [6, 6.07) is 17.3. The molecular formula is C24H28N2O4. The molecule has 3 rings (SSSR count). The second-order valence-electron chi connectivity index (χ2n) is 7.64. The summed E-state index contributed by atoms with van der Waals surface area (Å²) in [5.74, 6) is -1.23. The smallest absolute Gasteiger partial charge is 0.311 e. The summed E-state index contributed by atoms with van der Waals surface area (Å²) >= 11 is 0. The Balaban J connectivity index is 1.53. The number of para-hydroxylation sites is 1. The number of amides is 2. The van der Waals surface area contributed by atoms with E-state index in [1.54, 1.807) is 4.90 Å². The topological polar surface area (TPSA) is 75.7 Å². The number of hydrogen-bond donors (Lipinski definition) is 1. The Bertz CT molecular complexity index is 897. The number of nitrogens with zero attached hydrogens (tertiary/aromatic N) is 1. The van der Waals surface area contributed by atoms with Gasteiger partial charge in [-0.3, -0.25) is 14.4 Å². The Morgan fingerprint density at radius 3 is 2.57 bits per heavy atom. The monoisotopic (exact) mass is 408 g/mol. The number of hydrogen-bond acceptors (Lipinski definition) is 4. The molecule has 2 amide bonds. The molecule has 1 saturated heterocycles. The average Bonchev–Trinajstić information content (AvgIpc) is 3.17. The van der Waals surface area contributed by atoms with Gasteiger partial charge in [-0.05, 0) is 29.5 Å². The molecule has 0 saturated carbocycles. The summed E-state index contributed by atoms with van der Waals surface area (Å²) < 4.78 is 5.18. The standard InChI is InChI=1S/C24H28N2O4/c1-3-17(2)20-11-7-8-12-21(20)26-15-19(13-23(26)28)24(29)30-16-22(27)25-14-18-9-5-4-6-10-18/h4-12,17,19H,3,13-16H2,1-2H3,(H,25,27)/t17-,19-/m1/s1. The van der Waals surface area contributed by atoms with Crippen LogP contribution in [0.2, 0.25) is 0 Å². The molecule has 2 atom stereocenters. The highest BCUT2D eigenvalue weighted by molar-refractivity contribution is 6.00. The number of benzene rings is 2. The van der Waals surface area contributed by atoms with Crippen molar-refractivity contribution >= 4 is 23.5 Å². The normalized spacial score (nSPS) is 16.9. The van der Waals surface area contributed by atoms with Gasteiger partial charge in [0.05, 0.1) is 5.92 Å². The van der Waals surface area contributed by atoms with Crippen LogP contribution in [0.15, 0.2) is 54.6 Å². The average molecular weight is 408 g/mol. The Kier molecular flexibility index (Phi) is 7.22. The summed E-state index contributed by atoms with van der Waals surface area (Å²) in [5, 5.41) is 2.72. The first-order valence-corrected chi connectivity index (χ1v) is 10.4. The molecule has 6 nitrogen and oxygen atoms in total. The minimum Gasteiger partial charge on any atom is -0.455 e. The molecule has 0 aromatic heterocycles. The van der Waals surface area contributed by atoms with E-state index in [1.807, 2.05) is 54.6 Å². The van der Waals surface area contributed by atoms with Gasteiger partial charge in [0.15, 0.2) is 6.61 Å². The number of ether oxygens (including phenoxy) is 1. The predicted octanol–water partition coefficient (Wildman–Crippen LogP) is 3.41. The minimum atomic E-state index is -0.565. The molecule has 0 radical (unpaired) electrons. The molecule has 158 valence electrons. The largest absolute Gasteiger partial charge is 0.455 e. The minimum absolute atomic E-state index is 0.0961. The molecule has 1 aliphatic rings. The van der Waals surface area contributed by atoms with E-state index in [-0.39, 0.29) is 31.4 Å². The van der Waals surface area contributed by atoms with E-state index in [0.717, 1.165) is 23.2 Å². The molecule has 0 spiro atoms. The van der Waals surface area contributed by atoms with E-state index >= 15 is 0 Å². The maximum atomic E-state index is 12.6. The molecule has 1 aliphatic heterocycles. The van der Waals surface area contributed by atoms with Gasteiger partial charge in [0.25, 0.3) is 5.91 Å². The van der Waals surface area contributed by atoms with Gasteiger partial charge < -0.3 is 15.0 Å². The Hall–Kier alpha value is -3.15. The molecule has 0 unspecified atom stereocenters. The van der Waals surface area contributed by atoms with Crippen LogP contribution in [0.25, 0.3) is 0 Å². The van der Waals surface area contributed by atoms with Crippen LogP contribution in [0.4, 0.5) is 5.69 Å². The van der Waals surface area contributed by atoms with Gasteiger partial charge in [-0.1, -0.05) is 62.4 Å². The number of rotatable bonds is 8. The Morgan fingerprint density at radius 1 is 1.13 bits per heavy atom. The molecule has 30 heavy (non-hydrogen) atoms. The molecule has 0 bridgehead atoms. The molecule has 0 aliphatic carbocycles. The number of nitrogens with one attached hydrogen (secondary N) is 1. The first-order valence-electron chi connectivity index (χ1n) is 10.4. The molecule has 1 heterocycles. The fourth-order valence-corrected chi connectivity index (χ4v) is 3.57. The number of anilines is 1. The summed E-state index contributed by atoms with van der Waals surface area (Å²) in [6.07, 6.45) is 1.06. The van der Waals surface area contributed by atoms with Gasteiger partial charge in [0, 0.05) is 25.2 Å². The quantitative estimate of drug-likeness (QED) is 0.679. The first kappa shape index (κ1) is 21.6. The van der Waals surface area contributed by atoms with E-state index in [9.17, 15) is 14.4 Å². The van der Waals surface area contributed by atoms with Gasteiger partial charge in [0.1, 0.15) is 0 Å². The van der Waals surface area contributed by atoms with Crippen molar-refractivity contribution in [2.45, 2.75) is 39.2 Å². The molecule has 1 N–H and O–H groups in total. The van der Waals surface area contributed by atoms with Crippen LogP contribution in [0.5, 0.6) is 0 Å². The third-order valence-corrected chi connectivity index (χ3v) is 5.51. The van der Waals surface area contributed by atoms with E-state index < -0.39 is 11.9 Å². The van der Waals surface area contributed by atoms with Gasteiger partial charge in [-0.15, -0.1) is 0 Å². The van der Waals surface area contributed by atoms with Crippen molar-refractivity contribution < 1.29 is 19.1 Å². The van der Waals surface area contributed by atoms with E-state index in [2.05, 4.69) is 19.2 Å². The van der Waals surface area contributed by atoms with Gasteiger partial charge in [-0.25, -0.2) is 0 Å². The van der Waals surface area contributed by atoms with Crippen LogP contribution in [0.1, 0.15) is 43.7 Å². The Morgan fingerprint density at radius 2 is 1.83 bits per heavy atom. The van der Waals surface area contributed by atoms with Crippen molar-refractivity contribution in [2.75, 3.05) is 18.1 Å². The van der Waals surface area contributed by atoms with E-state index in [0.29, 0.717) is 12.5 Å². The molecule has 6 heteroatoms. The van der Waals surface area contributed by atoms with Crippen LogP contribution < -0.4 is 10.2 Å². The zero-order valence-electron chi connectivity index (χ0n) is 17.5. The zero-order chi connectivity index (χ0) is 21.5. The lowest BCUT2D eigenvalue weighted by Gasteiger charge is -2.23. The lowest BCUT2D eigenvalue weighted by Crippen LogP contribution is -2.31. The maximum absolute atomic E-state index is 12.6.